The average Bonchev–Trinajstić information content (AvgIpc) is 2.78. The molecule has 1 aliphatic rings. The Labute approximate surface area is 140 Å². The molecule has 0 unspecified atom stereocenters. The van der Waals surface area contributed by atoms with E-state index in [0.29, 0.717) is 25.0 Å². The maximum absolute atomic E-state index is 13.6. The molecule has 1 aromatic heterocycles. The predicted molar refractivity (Wildman–Crippen MR) is 83.6 cm³/mol. The Morgan fingerprint density at radius 1 is 1.30 bits per heavy atom. The zero-order valence-electron chi connectivity index (χ0n) is 11.7. The fourth-order valence-electron chi connectivity index (χ4n) is 2.37. The zero-order valence-corrected chi connectivity index (χ0v) is 13.4. The van der Waals surface area contributed by atoms with Gasteiger partial charge in [-0.3, -0.25) is 10.1 Å². The Morgan fingerprint density at radius 2 is 1.96 bits per heavy atom. The first kappa shape index (κ1) is 17.7. The molecule has 3 N–H and O–H groups in total. The summed E-state index contributed by atoms with van der Waals surface area (Å²) in [5.41, 5.74) is 5.88. The lowest BCUT2D eigenvalue weighted by Crippen LogP contribution is -2.27. The van der Waals surface area contributed by atoms with Gasteiger partial charge in [0.1, 0.15) is 23.0 Å². The standard InChI is InChI=1S/C14H12F3N3OS.ClH/c15-6-3-8(16)12(9(17)4-6)13(21)20-14-19-10-2-1-7(18)5-11(10)22-14;/h3-4,7H,1-2,5,18H2,(H,19,20,21);1H/t7-;/m0./s1. The molecule has 0 spiro atoms. The van der Waals surface area contributed by atoms with Gasteiger partial charge in [0.25, 0.3) is 5.91 Å². The van der Waals surface area contributed by atoms with Crippen LogP contribution < -0.4 is 11.1 Å². The molecule has 1 heterocycles. The number of amides is 1. The molecule has 2 aromatic rings. The van der Waals surface area contributed by atoms with E-state index in [2.05, 4.69) is 10.3 Å². The third-order valence-electron chi connectivity index (χ3n) is 3.43. The summed E-state index contributed by atoms with van der Waals surface area (Å²) < 4.78 is 40.0. The number of hydrogen-bond donors (Lipinski definition) is 2. The Balaban J connectivity index is 0.00000192. The second kappa shape index (κ2) is 6.86. The highest BCUT2D eigenvalue weighted by Gasteiger charge is 2.23. The van der Waals surface area contributed by atoms with Gasteiger partial charge in [-0.1, -0.05) is 0 Å². The van der Waals surface area contributed by atoms with Gasteiger partial charge in [0.05, 0.1) is 5.69 Å². The van der Waals surface area contributed by atoms with Gasteiger partial charge in [0.2, 0.25) is 0 Å². The van der Waals surface area contributed by atoms with Crippen molar-refractivity contribution >= 4 is 34.8 Å². The Hall–Kier alpha value is -1.64. The molecule has 3 rings (SSSR count). The zero-order chi connectivity index (χ0) is 15.9. The number of anilines is 1. The van der Waals surface area contributed by atoms with Gasteiger partial charge < -0.3 is 5.73 Å². The van der Waals surface area contributed by atoms with Crippen LogP contribution >= 0.6 is 23.7 Å². The number of aromatic nitrogens is 1. The van der Waals surface area contributed by atoms with Crippen LogP contribution in [0.2, 0.25) is 0 Å². The van der Waals surface area contributed by atoms with Crippen molar-refractivity contribution in [2.75, 3.05) is 5.32 Å². The fourth-order valence-corrected chi connectivity index (χ4v) is 3.47. The molecule has 1 atom stereocenters. The smallest absolute Gasteiger partial charge is 0.263 e. The fraction of sp³-hybridized carbons (Fsp3) is 0.286. The molecule has 1 aliphatic carbocycles. The van der Waals surface area contributed by atoms with E-state index in [0.717, 1.165) is 17.0 Å². The van der Waals surface area contributed by atoms with Crippen molar-refractivity contribution in [1.82, 2.24) is 4.98 Å². The van der Waals surface area contributed by atoms with Gasteiger partial charge >= 0.3 is 0 Å². The third kappa shape index (κ3) is 3.65. The molecule has 0 aliphatic heterocycles. The molecular formula is C14H13ClF3N3OS. The molecule has 0 bridgehead atoms. The Morgan fingerprint density at radius 3 is 2.61 bits per heavy atom. The molecule has 124 valence electrons. The number of carbonyl (C=O) groups is 1. The van der Waals surface area contributed by atoms with Crippen molar-refractivity contribution in [3.05, 3.63) is 45.7 Å². The van der Waals surface area contributed by atoms with E-state index in [1.807, 2.05) is 0 Å². The Kier molecular flexibility index (Phi) is 5.28. The molecule has 0 saturated heterocycles. The predicted octanol–water partition coefficient (Wildman–Crippen LogP) is 3.05. The SMILES string of the molecule is Cl.N[C@H]1CCc2nc(NC(=O)c3c(F)cc(F)cc3F)sc2C1. The minimum atomic E-state index is -1.25. The molecule has 4 nitrogen and oxygen atoms in total. The molecule has 1 aromatic carbocycles. The largest absolute Gasteiger partial charge is 0.327 e. The van der Waals surface area contributed by atoms with Crippen molar-refractivity contribution in [2.45, 2.75) is 25.3 Å². The van der Waals surface area contributed by atoms with E-state index in [4.69, 9.17) is 5.73 Å². The number of nitrogens with zero attached hydrogens (tertiary/aromatic N) is 1. The van der Waals surface area contributed by atoms with Gasteiger partial charge in [-0.15, -0.1) is 23.7 Å². The van der Waals surface area contributed by atoms with Crippen LogP contribution in [0.5, 0.6) is 0 Å². The Bertz CT molecular complexity index is 730. The monoisotopic (exact) mass is 363 g/mol. The van der Waals surface area contributed by atoms with Crippen LogP contribution in [0.25, 0.3) is 0 Å². The van der Waals surface area contributed by atoms with Crippen molar-refractivity contribution < 1.29 is 18.0 Å². The van der Waals surface area contributed by atoms with Crippen LogP contribution in [0.1, 0.15) is 27.3 Å². The van der Waals surface area contributed by atoms with E-state index in [9.17, 15) is 18.0 Å². The second-order valence-corrected chi connectivity index (χ2v) is 6.17. The highest BCUT2D eigenvalue weighted by atomic mass is 35.5. The molecule has 1 amide bonds. The van der Waals surface area contributed by atoms with Crippen LogP contribution in [0.3, 0.4) is 0 Å². The molecule has 0 saturated carbocycles. The van der Waals surface area contributed by atoms with Crippen LogP contribution in [0.15, 0.2) is 12.1 Å². The molecule has 23 heavy (non-hydrogen) atoms. The number of hydrogen-bond acceptors (Lipinski definition) is 4. The quantitative estimate of drug-likeness (QED) is 0.861. The second-order valence-electron chi connectivity index (χ2n) is 5.09. The number of benzene rings is 1. The maximum atomic E-state index is 13.6. The van der Waals surface area contributed by atoms with E-state index < -0.39 is 28.9 Å². The van der Waals surface area contributed by atoms with Crippen LogP contribution in [-0.2, 0) is 12.8 Å². The van der Waals surface area contributed by atoms with Gasteiger partial charge in [0.15, 0.2) is 5.13 Å². The maximum Gasteiger partial charge on any atom is 0.263 e. The topological polar surface area (TPSA) is 68.0 Å². The molecule has 0 fully saturated rings. The average molecular weight is 364 g/mol. The first-order valence-electron chi connectivity index (χ1n) is 6.64. The lowest BCUT2D eigenvalue weighted by atomic mass is 9.99. The third-order valence-corrected chi connectivity index (χ3v) is 4.47. The van der Waals surface area contributed by atoms with Gasteiger partial charge in [-0.2, -0.15) is 0 Å². The number of nitrogens with two attached hydrogens (primary N) is 1. The summed E-state index contributed by atoms with van der Waals surface area (Å²) in [6.45, 7) is 0. The van der Waals surface area contributed by atoms with Crippen molar-refractivity contribution in [2.24, 2.45) is 5.73 Å². The summed E-state index contributed by atoms with van der Waals surface area (Å²) in [5.74, 6) is -4.58. The lowest BCUT2D eigenvalue weighted by molar-refractivity contribution is 0.101. The number of thiazole rings is 1. The van der Waals surface area contributed by atoms with Crippen molar-refractivity contribution in [1.29, 1.82) is 0 Å². The van der Waals surface area contributed by atoms with Crippen molar-refractivity contribution in [3.8, 4) is 0 Å². The number of nitrogens with one attached hydrogen (secondary N) is 1. The summed E-state index contributed by atoms with van der Waals surface area (Å²) >= 11 is 1.23. The minimum Gasteiger partial charge on any atom is -0.327 e. The highest BCUT2D eigenvalue weighted by molar-refractivity contribution is 7.15. The van der Waals surface area contributed by atoms with Gasteiger partial charge in [0, 0.05) is 23.1 Å². The molecular weight excluding hydrogens is 351 g/mol. The minimum absolute atomic E-state index is 0. The summed E-state index contributed by atoms with van der Waals surface area (Å²) in [6, 6.07) is 0.983. The number of carbonyl (C=O) groups excluding carboxylic acids is 1. The summed E-state index contributed by atoms with van der Waals surface area (Å²) in [6.07, 6.45) is 2.19. The number of halogens is 4. The van der Waals surface area contributed by atoms with E-state index in [-0.39, 0.29) is 23.6 Å². The molecule has 9 heteroatoms. The van der Waals surface area contributed by atoms with Crippen molar-refractivity contribution in [3.63, 3.8) is 0 Å². The first-order valence-corrected chi connectivity index (χ1v) is 7.45. The molecule has 0 radical (unpaired) electrons. The highest BCUT2D eigenvalue weighted by Crippen LogP contribution is 2.29. The van der Waals surface area contributed by atoms with E-state index in [1.165, 1.54) is 11.3 Å². The summed E-state index contributed by atoms with van der Waals surface area (Å²) in [4.78, 5) is 17.2. The van der Waals surface area contributed by atoms with E-state index >= 15 is 0 Å². The van der Waals surface area contributed by atoms with Crippen LogP contribution in [0, 0.1) is 17.5 Å². The van der Waals surface area contributed by atoms with Crippen LogP contribution in [-0.4, -0.2) is 16.9 Å². The number of aryl methyl sites for hydroxylation is 1. The normalized spacial score (nSPS) is 16.4. The van der Waals surface area contributed by atoms with Gasteiger partial charge in [-0.05, 0) is 19.3 Å². The summed E-state index contributed by atoms with van der Waals surface area (Å²) in [5, 5.41) is 2.61. The number of rotatable bonds is 2. The van der Waals surface area contributed by atoms with E-state index in [1.54, 1.807) is 0 Å². The van der Waals surface area contributed by atoms with Gasteiger partial charge in [-0.25, -0.2) is 18.2 Å². The number of fused-ring (bicyclic) bond motifs is 1. The lowest BCUT2D eigenvalue weighted by Gasteiger charge is -2.15. The first-order chi connectivity index (χ1) is 10.4. The van der Waals surface area contributed by atoms with Crippen LogP contribution in [0.4, 0.5) is 18.3 Å². The summed E-state index contributed by atoms with van der Waals surface area (Å²) in [7, 11) is 0.